The number of carbonyl (C=O) groups is 2. The first-order valence-corrected chi connectivity index (χ1v) is 11.7. The molecule has 2 aliphatic heterocycles. The minimum Gasteiger partial charge on any atom is -0.459 e. The molecule has 0 spiro atoms. The molecule has 6 nitrogen and oxygen atoms in total. The molecule has 0 bridgehead atoms. The molecule has 8 heteroatoms. The van der Waals surface area contributed by atoms with Crippen LogP contribution >= 0.6 is 23.4 Å². The zero-order valence-electron chi connectivity index (χ0n) is 18.4. The summed E-state index contributed by atoms with van der Waals surface area (Å²) in [5.41, 5.74) is 2.56. The van der Waals surface area contributed by atoms with Crippen molar-refractivity contribution in [3.63, 3.8) is 0 Å². The Morgan fingerprint density at radius 1 is 1.29 bits per heavy atom. The van der Waals surface area contributed by atoms with Gasteiger partial charge in [0.25, 0.3) is 0 Å². The van der Waals surface area contributed by atoms with Crippen LogP contribution in [-0.4, -0.2) is 34.1 Å². The second-order valence-corrected chi connectivity index (χ2v) is 9.17. The second-order valence-electron chi connectivity index (χ2n) is 7.92. The average molecular weight is 462 g/mol. The first-order chi connectivity index (χ1) is 14.7. The number of halogens is 1. The van der Waals surface area contributed by atoms with Gasteiger partial charge in [0.2, 0.25) is 5.91 Å². The van der Waals surface area contributed by atoms with E-state index >= 15 is 0 Å². The molecule has 0 saturated carbocycles. The maximum Gasteiger partial charge on any atom is 0.338 e. The van der Waals surface area contributed by atoms with E-state index in [0.717, 1.165) is 22.8 Å². The Balaban J connectivity index is 2.02. The Kier molecular flexibility index (Phi) is 7.49. The Bertz CT molecular complexity index is 971. The molecular formula is C23H28ClN3O3S. The molecule has 1 amide bonds. The number of esters is 1. The summed E-state index contributed by atoms with van der Waals surface area (Å²) < 4.78 is 5.54. The summed E-state index contributed by atoms with van der Waals surface area (Å²) in [6, 6.07) is 6.99. The van der Waals surface area contributed by atoms with Gasteiger partial charge in [-0.25, -0.2) is 9.79 Å². The number of fused-ring (bicyclic) bond motifs is 1. The van der Waals surface area contributed by atoms with Gasteiger partial charge in [-0.05, 0) is 51.2 Å². The molecule has 1 aromatic carbocycles. The summed E-state index contributed by atoms with van der Waals surface area (Å²) in [5.74, 6) is -0.501. The number of hydrogen-bond donors (Lipinski definition) is 1. The molecule has 31 heavy (non-hydrogen) atoms. The van der Waals surface area contributed by atoms with E-state index in [4.69, 9.17) is 16.3 Å². The lowest BCUT2D eigenvalue weighted by Gasteiger charge is -2.36. The first kappa shape index (κ1) is 23.4. The summed E-state index contributed by atoms with van der Waals surface area (Å²) in [4.78, 5) is 32.3. The molecular weight excluding hydrogens is 434 g/mol. The van der Waals surface area contributed by atoms with Crippen LogP contribution in [0.1, 0.15) is 59.1 Å². The summed E-state index contributed by atoms with van der Waals surface area (Å²) in [6.07, 6.45) is 0.767. The molecule has 2 unspecified atom stereocenters. The monoisotopic (exact) mass is 461 g/mol. The number of rotatable bonds is 7. The number of thioether (sulfide) groups is 1. The van der Waals surface area contributed by atoms with Crippen molar-refractivity contribution < 1.29 is 14.3 Å². The fourth-order valence-corrected chi connectivity index (χ4v) is 4.70. The van der Waals surface area contributed by atoms with E-state index in [-0.39, 0.29) is 24.5 Å². The van der Waals surface area contributed by atoms with Crippen molar-refractivity contribution in [3.05, 3.63) is 57.2 Å². The summed E-state index contributed by atoms with van der Waals surface area (Å²) in [5, 5.41) is 6.18. The fourth-order valence-electron chi connectivity index (χ4n) is 3.49. The van der Waals surface area contributed by atoms with E-state index < -0.39 is 12.0 Å². The SMILES string of the molecule is CCC(C)NC(=O)CC1=CSC2=NC(C)=C(C(=O)OC(C)C)C(c3ccccc3Cl)N12. The molecule has 0 aromatic heterocycles. The van der Waals surface area contributed by atoms with Crippen LogP contribution in [0.5, 0.6) is 0 Å². The lowest BCUT2D eigenvalue weighted by Crippen LogP contribution is -2.39. The molecule has 0 fully saturated rings. The molecule has 3 rings (SSSR count). The third-order valence-electron chi connectivity index (χ3n) is 5.12. The first-order valence-electron chi connectivity index (χ1n) is 10.4. The zero-order valence-corrected chi connectivity index (χ0v) is 20.0. The van der Waals surface area contributed by atoms with Crippen LogP contribution in [0.25, 0.3) is 0 Å². The van der Waals surface area contributed by atoms with E-state index in [0.29, 0.717) is 16.3 Å². The number of nitrogens with one attached hydrogen (secondary N) is 1. The van der Waals surface area contributed by atoms with Crippen molar-refractivity contribution in [3.8, 4) is 0 Å². The fraction of sp³-hybridized carbons (Fsp3) is 0.435. The predicted molar refractivity (Wildman–Crippen MR) is 126 cm³/mol. The highest BCUT2D eigenvalue weighted by Crippen LogP contribution is 2.46. The van der Waals surface area contributed by atoms with Gasteiger partial charge in [-0.3, -0.25) is 4.79 Å². The van der Waals surface area contributed by atoms with Crippen molar-refractivity contribution in [2.24, 2.45) is 4.99 Å². The minimum atomic E-state index is -0.523. The summed E-state index contributed by atoms with van der Waals surface area (Å²) in [7, 11) is 0. The smallest absolute Gasteiger partial charge is 0.338 e. The van der Waals surface area contributed by atoms with Gasteiger partial charge in [0.1, 0.15) is 0 Å². The number of amidine groups is 1. The van der Waals surface area contributed by atoms with E-state index in [1.54, 1.807) is 13.0 Å². The Morgan fingerprint density at radius 3 is 2.65 bits per heavy atom. The normalized spacial score (nSPS) is 19.1. The maximum absolute atomic E-state index is 13.1. The lowest BCUT2D eigenvalue weighted by atomic mass is 9.93. The van der Waals surface area contributed by atoms with Gasteiger partial charge < -0.3 is 15.0 Å². The van der Waals surface area contributed by atoms with Crippen molar-refractivity contribution in [2.45, 2.75) is 65.6 Å². The minimum absolute atomic E-state index is 0.0714. The Labute approximate surface area is 192 Å². The molecule has 0 saturated heterocycles. The molecule has 0 aliphatic carbocycles. The third kappa shape index (κ3) is 5.15. The van der Waals surface area contributed by atoms with Crippen LogP contribution in [0.3, 0.4) is 0 Å². The van der Waals surface area contributed by atoms with Crippen LogP contribution in [0.2, 0.25) is 5.02 Å². The van der Waals surface area contributed by atoms with E-state index in [2.05, 4.69) is 10.3 Å². The van der Waals surface area contributed by atoms with Crippen molar-refractivity contribution in [1.82, 2.24) is 10.2 Å². The van der Waals surface area contributed by atoms with Gasteiger partial charge in [-0.2, -0.15) is 0 Å². The average Bonchev–Trinajstić information content (AvgIpc) is 3.08. The molecule has 166 valence electrons. The highest BCUT2D eigenvalue weighted by atomic mass is 35.5. The highest BCUT2D eigenvalue weighted by Gasteiger charge is 2.42. The van der Waals surface area contributed by atoms with Crippen molar-refractivity contribution >= 4 is 40.4 Å². The zero-order chi connectivity index (χ0) is 22.7. The van der Waals surface area contributed by atoms with Gasteiger partial charge in [-0.1, -0.05) is 48.5 Å². The van der Waals surface area contributed by atoms with Crippen LogP contribution < -0.4 is 5.32 Å². The van der Waals surface area contributed by atoms with Gasteiger partial charge >= 0.3 is 5.97 Å². The quantitative estimate of drug-likeness (QED) is 0.567. The molecule has 1 aromatic rings. The van der Waals surface area contributed by atoms with Crippen molar-refractivity contribution in [1.29, 1.82) is 0 Å². The number of aliphatic imine (C=N–C) groups is 1. The molecule has 1 N–H and O–H groups in total. The van der Waals surface area contributed by atoms with Crippen LogP contribution in [0.4, 0.5) is 0 Å². The van der Waals surface area contributed by atoms with Crippen LogP contribution in [0.15, 0.2) is 51.6 Å². The van der Waals surface area contributed by atoms with Gasteiger partial charge in [0, 0.05) is 16.8 Å². The number of hydrogen-bond acceptors (Lipinski definition) is 6. The van der Waals surface area contributed by atoms with E-state index in [9.17, 15) is 9.59 Å². The molecule has 2 atom stereocenters. The number of nitrogens with zero attached hydrogens (tertiary/aromatic N) is 2. The van der Waals surface area contributed by atoms with Crippen LogP contribution in [0, 0.1) is 0 Å². The number of allylic oxidation sites excluding steroid dienone is 1. The molecule has 2 aliphatic rings. The van der Waals surface area contributed by atoms with Gasteiger partial charge in [0.05, 0.1) is 29.8 Å². The molecule has 0 radical (unpaired) electrons. The Morgan fingerprint density at radius 2 is 2.00 bits per heavy atom. The third-order valence-corrected chi connectivity index (χ3v) is 6.36. The standard InChI is InChI=1S/C23H28ClN3O3S/c1-6-14(4)25-19(28)11-16-12-31-23-26-15(5)20(22(29)30-13(2)3)21(27(16)23)17-9-7-8-10-18(17)24/h7-10,12-14,21H,6,11H2,1-5H3,(H,25,28). The maximum atomic E-state index is 13.1. The van der Waals surface area contributed by atoms with Gasteiger partial charge in [-0.15, -0.1) is 0 Å². The summed E-state index contributed by atoms with van der Waals surface area (Å²) in [6.45, 7) is 9.43. The number of ether oxygens (including phenoxy) is 1. The van der Waals surface area contributed by atoms with E-state index in [1.807, 2.05) is 56.2 Å². The lowest BCUT2D eigenvalue weighted by molar-refractivity contribution is -0.143. The Hall–Kier alpha value is -2.25. The molecule has 2 heterocycles. The number of amides is 1. The number of benzene rings is 1. The van der Waals surface area contributed by atoms with E-state index in [1.165, 1.54) is 11.8 Å². The van der Waals surface area contributed by atoms with Gasteiger partial charge in [0.15, 0.2) is 5.17 Å². The summed E-state index contributed by atoms with van der Waals surface area (Å²) >= 11 is 8.01. The number of carbonyl (C=O) groups excluding carboxylic acids is 2. The van der Waals surface area contributed by atoms with Crippen LogP contribution in [-0.2, 0) is 14.3 Å². The topological polar surface area (TPSA) is 71.0 Å². The predicted octanol–water partition coefficient (Wildman–Crippen LogP) is 5.17. The highest BCUT2D eigenvalue weighted by molar-refractivity contribution is 8.16. The van der Waals surface area contributed by atoms with Crippen molar-refractivity contribution in [2.75, 3.05) is 0 Å². The largest absolute Gasteiger partial charge is 0.459 e. The second kappa shape index (κ2) is 9.92.